The topological polar surface area (TPSA) is 103 Å². The van der Waals surface area contributed by atoms with Gasteiger partial charge in [-0.25, -0.2) is 8.42 Å². The van der Waals surface area contributed by atoms with E-state index in [9.17, 15) is 13.2 Å². The first-order chi connectivity index (χ1) is 10.3. The van der Waals surface area contributed by atoms with Gasteiger partial charge in [-0.2, -0.15) is 0 Å². The van der Waals surface area contributed by atoms with E-state index in [4.69, 9.17) is 11.5 Å². The Morgan fingerprint density at radius 2 is 1.73 bits per heavy atom. The summed E-state index contributed by atoms with van der Waals surface area (Å²) in [5, 5.41) is 0. The van der Waals surface area contributed by atoms with E-state index in [0.717, 1.165) is 11.1 Å². The maximum atomic E-state index is 12.4. The molecule has 0 aliphatic rings. The Kier molecular flexibility index (Phi) is 4.51. The molecule has 4 N–H and O–H groups in total. The summed E-state index contributed by atoms with van der Waals surface area (Å²) in [5.41, 5.74) is 13.3. The second-order valence-electron chi connectivity index (χ2n) is 5.21. The molecule has 2 rings (SSSR count). The van der Waals surface area contributed by atoms with Crippen molar-refractivity contribution in [3.8, 4) is 0 Å². The van der Waals surface area contributed by atoms with Crippen molar-refractivity contribution >= 4 is 21.4 Å². The molecule has 0 unspecified atom stereocenters. The Morgan fingerprint density at radius 1 is 1.09 bits per heavy atom. The van der Waals surface area contributed by atoms with Crippen LogP contribution in [0.1, 0.15) is 21.5 Å². The van der Waals surface area contributed by atoms with Gasteiger partial charge in [0.1, 0.15) is 0 Å². The van der Waals surface area contributed by atoms with Gasteiger partial charge in [-0.3, -0.25) is 4.79 Å². The third kappa shape index (κ3) is 3.85. The minimum absolute atomic E-state index is 0.0220. The minimum Gasteiger partial charge on any atom is -0.399 e. The predicted octanol–water partition coefficient (Wildman–Crippen LogP) is 1.69. The van der Waals surface area contributed by atoms with Gasteiger partial charge in [-0.15, -0.1) is 0 Å². The normalized spacial score (nSPS) is 11.3. The summed E-state index contributed by atoms with van der Waals surface area (Å²) in [7, 11) is -3.40. The Balaban J connectivity index is 2.14. The molecule has 6 heteroatoms. The third-order valence-corrected chi connectivity index (χ3v) is 5.03. The van der Waals surface area contributed by atoms with E-state index in [2.05, 4.69) is 0 Å². The molecule has 0 radical (unpaired) electrons. The maximum Gasteiger partial charge on any atom is 0.248 e. The van der Waals surface area contributed by atoms with Crippen LogP contribution in [0.15, 0.2) is 47.4 Å². The highest BCUT2D eigenvalue weighted by Crippen LogP contribution is 2.18. The lowest BCUT2D eigenvalue weighted by atomic mass is 10.1. The fourth-order valence-corrected chi connectivity index (χ4v) is 3.58. The van der Waals surface area contributed by atoms with Crippen LogP contribution in [-0.2, 0) is 16.3 Å². The fourth-order valence-electron chi connectivity index (χ4n) is 2.16. The number of amides is 1. The van der Waals surface area contributed by atoms with Crippen molar-refractivity contribution in [3.63, 3.8) is 0 Å². The summed E-state index contributed by atoms with van der Waals surface area (Å²) in [6.07, 6.45) is 0.356. The van der Waals surface area contributed by atoms with Crippen molar-refractivity contribution < 1.29 is 13.2 Å². The number of carbonyl (C=O) groups excluding carboxylic acids is 1. The highest BCUT2D eigenvalue weighted by atomic mass is 32.2. The van der Waals surface area contributed by atoms with Crippen molar-refractivity contribution in [3.05, 3.63) is 59.2 Å². The Bertz CT molecular complexity index is 776. The van der Waals surface area contributed by atoms with Crippen LogP contribution in [0.3, 0.4) is 0 Å². The molecule has 1 amide bonds. The van der Waals surface area contributed by atoms with Crippen LogP contribution in [0.25, 0.3) is 0 Å². The first kappa shape index (κ1) is 16.0. The monoisotopic (exact) mass is 318 g/mol. The maximum absolute atomic E-state index is 12.4. The number of rotatable bonds is 5. The van der Waals surface area contributed by atoms with Gasteiger partial charge in [0.15, 0.2) is 9.84 Å². The molecule has 2 aromatic rings. The molecule has 2 aromatic carbocycles. The molecule has 0 fully saturated rings. The van der Waals surface area contributed by atoms with Crippen LogP contribution < -0.4 is 11.5 Å². The smallest absolute Gasteiger partial charge is 0.248 e. The quantitative estimate of drug-likeness (QED) is 0.819. The lowest BCUT2D eigenvalue weighted by Crippen LogP contribution is -2.12. The number of benzene rings is 2. The van der Waals surface area contributed by atoms with Crippen molar-refractivity contribution in [2.45, 2.75) is 18.2 Å². The number of nitrogen functional groups attached to an aromatic ring is 1. The number of anilines is 1. The number of sulfone groups is 1. The van der Waals surface area contributed by atoms with Gasteiger partial charge in [0.05, 0.1) is 10.6 Å². The van der Waals surface area contributed by atoms with Crippen LogP contribution in [0, 0.1) is 6.92 Å². The molecule has 0 aliphatic heterocycles. The molecule has 0 spiro atoms. The van der Waals surface area contributed by atoms with Gasteiger partial charge in [-0.05, 0) is 54.8 Å². The number of hydrogen-bond acceptors (Lipinski definition) is 4. The highest BCUT2D eigenvalue weighted by molar-refractivity contribution is 7.91. The first-order valence-electron chi connectivity index (χ1n) is 6.76. The van der Waals surface area contributed by atoms with Crippen molar-refractivity contribution in [2.24, 2.45) is 5.73 Å². The zero-order valence-corrected chi connectivity index (χ0v) is 13.1. The van der Waals surface area contributed by atoms with E-state index >= 15 is 0 Å². The van der Waals surface area contributed by atoms with Crippen molar-refractivity contribution in [1.29, 1.82) is 0 Å². The van der Waals surface area contributed by atoms with Crippen LogP contribution in [0.2, 0.25) is 0 Å². The van der Waals surface area contributed by atoms with E-state index < -0.39 is 15.7 Å². The largest absolute Gasteiger partial charge is 0.399 e. The second kappa shape index (κ2) is 6.19. The van der Waals surface area contributed by atoms with Crippen molar-refractivity contribution in [2.75, 3.05) is 11.5 Å². The third-order valence-electron chi connectivity index (χ3n) is 3.33. The summed E-state index contributed by atoms with van der Waals surface area (Å²) < 4.78 is 24.7. The number of nitrogens with two attached hydrogens (primary N) is 2. The van der Waals surface area contributed by atoms with Gasteiger partial charge < -0.3 is 11.5 Å². The van der Waals surface area contributed by atoms with E-state index in [1.54, 1.807) is 43.3 Å². The average Bonchev–Trinajstić information content (AvgIpc) is 2.44. The molecule has 0 bridgehead atoms. The molecule has 0 aromatic heterocycles. The van der Waals surface area contributed by atoms with Gasteiger partial charge in [0.25, 0.3) is 0 Å². The molecular weight excluding hydrogens is 300 g/mol. The lowest BCUT2D eigenvalue weighted by molar-refractivity contribution is 0.100. The SMILES string of the molecule is Cc1cc(N)cc(S(=O)(=O)CCc2ccc(C(N)=O)cc2)c1. The first-order valence-corrected chi connectivity index (χ1v) is 8.42. The second-order valence-corrected chi connectivity index (χ2v) is 7.32. The number of primary amides is 1. The summed E-state index contributed by atoms with van der Waals surface area (Å²) in [4.78, 5) is 11.2. The minimum atomic E-state index is -3.40. The zero-order chi connectivity index (χ0) is 16.3. The lowest BCUT2D eigenvalue weighted by Gasteiger charge is -2.07. The van der Waals surface area contributed by atoms with Crippen LogP contribution in [0.4, 0.5) is 5.69 Å². The summed E-state index contributed by atoms with van der Waals surface area (Å²) in [6.45, 7) is 1.80. The Labute approximate surface area is 129 Å². The van der Waals surface area contributed by atoms with Gasteiger partial charge >= 0.3 is 0 Å². The molecular formula is C16H18N2O3S. The molecule has 0 atom stereocenters. The summed E-state index contributed by atoms with van der Waals surface area (Å²) in [6, 6.07) is 11.4. The molecule has 0 aliphatic carbocycles. The predicted molar refractivity (Wildman–Crippen MR) is 86.3 cm³/mol. The van der Waals surface area contributed by atoms with E-state index in [1.807, 2.05) is 0 Å². The highest BCUT2D eigenvalue weighted by Gasteiger charge is 2.15. The van der Waals surface area contributed by atoms with Crippen LogP contribution in [0.5, 0.6) is 0 Å². The molecule has 5 nitrogen and oxygen atoms in total. The van der Waals surface area contributed by atoms with E-state index in [-0.39, 0.29) is 10.6 Å². The summed E-state index contributed by atoms with van der Waals surface area (Å²) in [5.74, 6) is -0.527. The number of aryl methyl sites for hydroxylation is 2. The van der Waals surface area contributed by atoms with Gasteiger partial charge in [0.2, 0.25) is 5.91 Å². The standard InChI is InChI=1S/C16H18N2O3S/c1-11-8-14(17)10-15(9-11)22(20,21)7-6-12-2-4-13(5-3-12)16(18)19/h2-5,8-10H,6-7,17H2,1H3,(H2,18,19). The van der Waals surface area contributed by atoms with Crippen LogP contribution in [-0.4, -0.2) is 20.1 Å². The molecule has 22 heavy (non-hydrogen) atoms. The molecule has 116 valence electrons. The Hall–Kier alpha value is -2.34. The number of carbonyl (C=O) groups is 1. The van der Waals surface area contributed by atoms with E-state index in [0.29, 0.717) is 17.7 Å². The van der Waals surface area contributed by atoms with Crippen LogP contribution >= 0.6 is 0 Å². The molecule has 0 saturated carbocycles. The zero-order valence-electron chi connectivity index (χ0n) is 12.2. The van der Waals surface area contributed by atoms with E-state index in [1.165, 1.54) is 6.07 Å². The average molecular weight is 318 g/mol. The van der Waals surface area contributed by atoms with Gasteiger partial charge in [-0.1, -0.05) is 12.1 Å². The van der Waals surface area contributed by atoms with Gasteiger partial charge in [0, 0.05) is 11.3 Å². The Morgan fingerprint density at radius 3 is 2.27 bits per heavy atom. The fraction of sp³-hybridized carbons (Fsp3) is 0.188. The molecule has 0 heterocycles. The summed E-state index contributed by atoms with van der Waals surface area (Å²) >= 11 is 0. The van der Waals surface area contributed by atoms with Crippen molar-refractivity contribution in [1.82, 2.24) is 0 Å². The number of hydrogen-bond donors (Lipinski definition) is 2. The molecule has 0 saturated heterocycles.